The SMILES string of the molecule is Fc1ccc(C2CC(c3ccc(F)cc3F)Nc3nnnn32)cc1. The number of fused-ring (bicyclic) bond motifs is 1. The highest BCUT2D eigenvalue weighted by Gasteiger charge is 2.31. The molecule has 4 rings (SSSR count). The van der Waals surface area contributed by atoms with Gasteiger partial charge in [0.05, 0.1) is 12.1 Å². The molecule has 1 aromatic heterocycles. The van der Waals surface area contributed by atoms with Gasteiger partial charge in [-0.1, -0.05) is 23.3 Å². The van der Waals surface area contributed by atoms with Crippen molar-refractivity contribution in [2.75, 3.05) is 5.32 Å². The fraction of sp³-hybridized carbons (Fsp3) is 0.188. The molecule has 0 saturated heterocycles. The molecule has 24 heavy (non-hydrogen) atoms. The molecule has 0 saturated carbocycles. The van der Waals surface area contributed by atoms with Crippen LogP contribution in [0.2, 0.25) is 0 Å². The van der Waals surface area contributed by atoms with Crippen molar-refractivity contribution >= 4 is 5.95 Å². The maximum atomic E-state index is 14.1. The van der Waals surface area contributed by atoms with Crippen molar-refractivity contribution in [3.63, 3.8) is 0 Å². The molecule has 0 radical (unpaired) electrons. The zero-order chi connectivity index (χ0) is 16.7. The first-order valence-electron chi connectivity index (χ1n) is 7.36. The van der Waals surface area contributed by atoms with E-state index < -0.39 is 17.7 Å². The van der Waals surface area contributed by atoms with Gasteiger partial charge in [0.2, 0.25) is 5.95 Å². The molecule has 5 nitrogen and oxygen atoms in total. The van der Waals surface area contributed by atoms with Crippen molar-refractivity contribution in [2.24, 2.45) is 0 Å². The highest BCUT2D eigenvalue weighted by Crippen LogP contribution is 2.37. The van der Waals surface area contributed by atoms with E-state index in [0.717, 1.165) is 11.6 Å². The molecule has 2 aromatic carbocycles. The topological polar surface area (TPSA) is 55.6 Å². The smallest absolute Gasteiger partial charge is 0.243 e. The zero-order valence-electron chi connectivity index (χ0n) is 12.3. The van der Waals surface area contributed by atoms with Gasteiger partial charge in [-0.2, -0.15) is 0 Å². The van der Waals surface area contributed by atoms with Crippen LogP contribution in [0.5, 0.6) is 0 Å². The molecular weight excluding hydrogens is 319 g/mol. The van der Waals surface area contributed by atoms with Gasteiger partial charge >= 0.3 is 0 Å². The molecular formula is C16H12F3N5. The maximum absolute atomic E-state index is 14.1. The fourth-order valence-corrected chi connectivity index (χ4v) is 2.99. The predicted molar refractivity (Wildman–Crippen MR) is 79.7 cm³/mol. The number of halogens is 3. The second-order valence-electron chi connectivity index (χ2n) is 5.61. The number of aromatic nitrogens is 4. The summed E-state index contributed by atoms with van der Waals surface area (Å²) < 4.78 is 42.0. The van der Waals surface area contributed by atoms with Gasteiger partial charge in [-0.3, -0.25) is 0 Å². The van der Waals surface area contributed by atoms with Gasteiger partial charge in [0.1, 0.15) is 17.5 Å². The van der Waals surface area contributed by atoms with Crippen molar-refractivity contribution in [3.8, 4) is 0 Å². The molecule has 2 unspecified atom stereocenters. The summed E-state index contributed by atoms with van der Waals surface area (Å²) >= 11 is 0. The second-order valence-corrected chi connectivity index (χ2v) is 5.61. The summed E-state index contributed by atoms with van der Waals surface area (Å²) in [6.07, 6.45) is 0.437. The predicted octanol–water partition coefficient (Wildman–Crippen LogP) is 3.24. The standard InChI is InChI=1S/C16H12F3N5/c17-10-3-1-9(2-4-10)15-8-14(20-16-21-22-23-24(15)16)12-6-5-11(18)7-13(12)19/h1-7,14-15H,8H2,(H,20,21,23). The number of hydrogen-bond donors (Lipinski definition) is 1. The van der Waals surface area contributed by atoms with Crippen LogP contribution >= 0.6 is 0 Å². The van der Waals surface area contributed by atoms with E-state index in [4.69, 9.17) is 0 Å². The van der Waals surface area contributed by atoms with Gasteiger partial charge in [-0.15, -0.1) is 0 Å². The number of rotatable bonds is 2. The Labute approximate surface area is 135 Å². The summed E-state index contributed by atoms with van der Waals surface area (Å²) in [5, 5.41) is 14.5. The van der Waals surface area contributed by atoms with Gasteiger partial charge in [-0.05, 0) is 40.6 Å². The molecule has 0 fully saturated rings. The Balaban J connectivity index is 1.74. The molecule has 0 aliphatic carbocycles. The molecule has 3 aromatic rings. The fourth-order valence-electron chi connectivity index (χ4n) is 2.99. The number of nitrogens with zero attached hydrogens (tertiary/aromatic N) is 4. The van der Waals surface area contributed by atoms with E-state index in [2.05, 4.69) is 20.8 Å². The lowest BCUT2D eigenvalue weighted by atomic mass is 9.93. The molecule has 122 valence electrons. The van der Waals surface area contributed by atoms with E-state index in [1.165, 1.54) is 24.3 Å². The van der Waals surface area contributed by atoms with Crippen LogP contribution in [0.4, 0.5) is 19.1 Å². The lowest BCUT2D eigenvalue weighted by Gasteiger charge is -2.31. The lowest BCUT2D eigenvalue weighted by molar-refractivity contribution is 0.415. The minimum absolute atomic E-state index is 0.286. The van der Waals surface area contributed by atoms with Crippen LogP contribution in [0.15, 0.2) is 42.5 Å². The van der Waals surface area contributed by atoms with Gasteiger partial charge in [-0.25, -0.2) is 17.9 Å². The van der Waals surface area contributed by atoms with Gasteiger partial charge in [0, 0.05) is 11.6 Å². The Hall–Kier alpha value is -2.90. The molecule has 0 bridgehead atoms. The minimum Gasteiger partial charge on any atom is -0.346 e. The third-order valence-electron chi connectivity index (χ3n) is 4.14. The summed E-state index contributed by atoms with van der Waals surface area (Å²) in [4.78, 5) is 0. The second kappa shape index (κ2) is 5.63. The number of hydrogen-bond acceptors (Lipinski definition) is 4. The molecule has 1 aliphatic heterocycles. The normalized spacial score (nSPS) is 19.6. The molecule has 1 aliphatic rings. The number of anilines is 1. The molecule has 0 amide bonds. The average molecular weight is 331 g/mol. The molecule has 2 atom stereocenters. The van der Waals surface area contributed by atoms with Crippen molar-refractivity contribution in [3.05, 3.63) is 71.0 Å². The van der Waals surface area contributed by atoms with Crippen LogP contribution in [0.3, 0.4) is 0 Å². The summed E-state index contributed by atoms with van der Waals surface area (Å²) in [6, 6.07) is 8.76. The van der Waals surface area contributed by atoms with E-state index in [1.54, 1.807) is 16.8 Å². The highest BCUT2D eigenvalue weighted by atomic mass is 19.1. The monoisotopic (exact) mass is 331 g/mol. The van der Waals surface area contributed by atoms with E-state index in [-0.39, 0.29) is 11.9 Å². The quantitative estimate of drug-likeness (QED) is 0.783. The Morgan fingerprint density at radius 1 is 1.00 bits per heavy atom. The van der Waals surface area contributed by atoms with Crippen molar-refractivity contribution in [1.82, 2.24) is 20.2 Å². The largest absolute Gasteiger partial charge is 0.346 e. The first-order valence-corrected chi connectivity index (χ1v) is 7.36. The Morgan fingerprint density at radius 2 is 1.75 bits per heavy atom. The zero-order valence-corrected chi connectivity index (χ0v) is 12.3. The molecule has 8 heteroatoms. The Morgan fingerprint density at radius 3 is 2.50 bits per heavy atom. The van der Waals surface area contributed by atoms with Gasteiger partial charge in [0.25, 0.3) is 0 Å². The van der Waals surface area contributed by atoms with Crippen molar-refractivity contribution in [1.29, 1.82) is 0 Å². The summed E-state index contributed by atoms with van der Waals surface area (Å²) in [5.41, 5.74) is 1.14. The Kier molecular flexibility index (Phi) is 3.44. The average Bonchev–Trinajstić information content (AvgIpc) is 3.03. The highest BCUT2D eigenvalue weighted by molar-refractivity contribution is 5.38. The maximum Gasteiger partial charge on any atom is 0.243 e. The summed E-state index contributed by atoms with van der Waals surface area (Å²) in [5.74, 6) is -1.23. The van der Waals surface area contributed by atoms with Gasteiger partial charge in [0.15, 0.2) is 0 Å². The van der Waals surface area contributed by atoms with E-state index >= 15 is 0 Å². The lowest BCUT2D eigenvalue weighted by Crippen LogP contribution is -2.28. The minimum atomic E-state index is -0.633. The number of nitrogens with one attached hydrogen (secondary N) is 1. The van der Waals surface area contributed by atoms with Crippen molar-refractivity contribution < 1.29 is 13.2 Å². The van der Waals surface area contributed by atoms with Gasteiger partial charge < -0.3 is 5.32 Å². The first kappa shape index (κ1) is 14.7. The van der Waals surface area contributed by atoms with Crippen LogP contribution in [-0.4, -0.2) is 20.2 Å². The van der Waals surface area contributed by atoms with Crippen LogP contribution in [0.1, 0.15) is 29.6 Å². The van der Waals surface area contributed by atoms with Crippen LogP contribution < -0.4 is 5.32 Å². The number of tetrazole rings is 1. The molecule has 1 N–H and O–H groups in total. The number of benzene rings is 2. The van der Waals surface area contributed by atoms with Crippen LogP contribution in [-0.2, 0) is 0 Å². The first-order chi connectivity index (χ1) is 11.6. The summed E-state index contributed by atoms with van der Waals surface area (Å²) in [6.45, 7) is 0. The van der Waals surface area contributed by atoms with E-state index in [9.17, 15) is 13.2 Å². The molecule has 2 heterocycles. The van der Waals surface area contributed by atoms with Crippen LogP contribution in [0.25, 0.3) is 0 Å². The van der Waals surface area contributed by atoms with E-state index in [0.29, 0.717) is 17.9 Å². The summed E-state index contributed by atoms with van der Waals surface area (Å²) in [7, 11) is 0. The van der Waals surface area contributed by atoms with Crippen LogP contribution in [0, 0.1) is 17.5 Å². The van der Waals surface area contributed by atoms with E-state index in [1.807, 2.05) is 0 Å². The third kappa shape index (κ3) is 2.49. The van der Waals surface area contributed by atoms with Crippen molar-refractivity contribution in [2.45, 2.75) is 18.5 Å². The third-order valence-corrected chi connectivity index (χ3v) is 4.14. The molecule has 0 spiro atoms. The Bertz CT molecular complexity index is 878.